The second-order valence-corrected chi connectivity index (χ2v) is 7.62. The molecular weight excluding hydrogens is 377 g/mol. The summed E-state index contributed by atoms with van der Waals surface area (Å²) >= 11 is 0. The van der Waals surface area contributed by atoms with Crippen LogP contribution in [0.5, 0.6) is 0 Å². The van der Waals surface area contributed by atoms with Crippen LogP contribution in [0.2, 0.25) is 0 Å². The van der Waals surface area contributed by atoms with Crippen molar-refractivity contribution in [3.63, 3.8) is 0 Å². The molecule has 9 heteroatoms. The molecule has 2 aliphatic rings. The van der Waals surface area contributed by atoms with Gasteiger partial charge in [0.25, 0.3) is 0 Å². The Balaban J connectivity index is 1.54. The van der Waals surface area contributed by atoms with Crippen molar-refractivity contribution >= 4 is 23.6 Å². The largest absolute Gasteiger partial charge is 0.465 e. The van der Waals surface area contributed by atoms with Crippen molar-refractivity contribution in [2.45, 2.75) is 32.7 Å². The Morgan fingerprint density at radius 3 is 2.59 bits per heavy atom. The first kappa shape index (κ1) is 20.9. The molecule has 2 fully saturated rings. The zero-order chi connectivity index (χ0) is 21.0. The highest BCUT2D eigenvalue weighted by Crippen LogP contribution is 2.36. The number of carbonyl (C=O) groups is 2. The van der Waals surface area contributed by atoms with Gasteiger partial charge in [0.1, 0.15) is 0 Å². The van der Waals surface area contributed by atoms with E-state index >= 15 is 0 Å². The van der Waals surface area contributed by atoms with E-state index in [0.29, 0.717) is 29.5 Å². The van der Waals surface area contributed by atoms with E-state index < -0.39 is 6.09 Å². The van der Waals surface area contributed by atoms with E-state index in [1.807, 2.05) is 22.0 Å². The number of hydrogen-bond acceptors (Lipinski definition) is 4. The van der Waals surface area contributed by atoms with Gasteiger partial charge >= 0.3 is 6.09 Å². The van der Waals surface area contributed by atoms with Crippen LogP contribution in [-0.4, -0.2) is 54.1 Å². The summed E-state index contributed by atoms with van der Waals surface area (Å²) in [5.41, 5.74) is 6.35. The molecule has 0 aromatic heterocycles. The summed E-state index contributed by atoms with van der Waals surface area (Å²) < 4.78 is 14.9. The van der Waals surface area contributed by atoms with Gasteiger partial charge in [-0.15, -0.1) is 0 Å². The van der Waals surface area contributed by atoms with Crippen LogP contribution in [0.3, 0.4) is 0 Å². The summed E-state index contributed by atoms with van der Waals surface area (Å²) in [7, 11) is 0. The number of likely N-dealkylation sites (tertiary alicyclic amines) is 1. The van der Waals surface area contributed by atoms with Crippen LogP contribution in [0, 0.1) is 17.7 Å². The Kier molecular flexibility index (Phi) is 6.56. The number of amides is 2. The number of aliphatic imine (C=N–C) groups is 1. The van der Waals surface area contributed by atoms with Crippen LogP contribution in [-0.2, 0) is 11.3 Å². The van der Waals surface area contributed by atoms with E-state index in [-0.39, 0.29) is 24.2 Å². The smallest absolute Gasteiger partial charge is 0.411 e. The molecule has 0 saturated carbocycles. The molecule has 1 aromatic carbocycles. The van der Waals surface area contributed by atoms with Crippen molar-refractivity contribution in [2.24, 2.45) is 22.6 Å². The lowest BCUT2D eigenvalue weighted by Crippen LogP contribution is -2.53. The van der Waals surface area contributed by atoms with E-state index in [1.54, 1.807) is 18.2 Å². The molecule has 29 heavy (non-hydrogen) atoms. The third-order valence-corrected chi connectivity index (χ3v) is 5.82. The highest BCUT2D eigenvalue weighted by atomic mass is 19.1. The number of halogens is 1. The van der Waals surface area contributed by atoms with E-state index in [1.165, 1.54) is 0 Å². The zero-order valence-corrected chi connectivity index (χ0v) is 16.6. The Morgan fingerprint density at radius 2 is 1.97 bits per heavy atom. The monoisotopic (exact) mass is 405 g/mol. The van der Waals surface area contributed by atoms with Crippen molar-refractivity contribution in [3.8, 4) is 0 Å². The first-order valence-corrected chi connectivity index (χ1v) is 9.99. The van der Waals surface area contributed by atoms with Crippen LogP contribution in [0.4, 0.5) is 14.9 Å². The van der Waals surface area contributed by atoms with Gasteiger partial charge < -0.3 is 20.6 Å². The van der Waals surface area contributed by atoms with Crippen LogP contribution in [0.15, 0.2) is 23.2 Å². The Morgan fingerprint density at radius 1 is 1.28 bits per heavy atom. The van der Waals surface area contributed by atoms with Crippen molar-refractivity contribution in [1.29, 1.82) is 0 Å². The number of rotatable bonds is 5. The molecule has 2 saturated heterocycles. The summed E-state index contributed by atoms with van der Waals surface area (Å²) in [4.78, 5) is 30.2. The van der Waals surface area contributed by atoms with Crippen LogP contribution in [0.1, 0.15) is 31.7 Å². The van der Waals surface area contributed by atoms with E-state index in [0.717, 1.165) is 39.0 Å². The number of piperidine rings is 1. The van der Waals surface area contributed by atoms with Gasteiger partial charge in [0, 0.05) is 38.2 Å². The molecule has 2 aliphatic heterocycles. The van der Waals surface area contributed by atoms with Crippen molar-refractivity contribution in [1.82, 2.24) is 10.2 Å². The summed E-state index contributed by atoms with van der Waals surface area (Å²) in [6.45, 7) is 5.11. The molecule has 4 N–H and O–H groups in total. The third-order valence-electron chi connectivity index (χ3n) is 5.82. The number of nitrogens with zero attached hydrogens (tertiary/aromatic N) is 3. The van der Waals surface area contributed by atoms with Crippen molar-refractivity contribution < 1.29 is 19.1 Å². The molecule has 0 radical (unpaired) electrons. The second-order valence-electron chi connectivity index (χ2n) is 7.62. The van der Waals surface area contributed by atoms with Crippen LogP contribution >= 0.6 is 0 Å². The van der Waals surface area contributed by atoms with Gasteiger partial charge in [0.2, 0.25) is 5.91 Å². The number of benzene rings is 1. The summed E-state index contributed by atoms with van der Waals surface area (Å²) in [5.74, 6) is 0.704. The average molecular weight is 405 g/mol. The number of guanidine groups is 1. The molecule has 158 valence electrons. The maximum atomic E-state index is 14.9. The first-order valence-electron chi connectivity index (χ1n) is 9.99. The molecule has 0 unspecified atom stereocenters. The molecule has 0 bridgehead atoms. The molecule has 3 rings (SSSR count). The molecule has 2 heterocycles. The SMILES string of the molecule is CCC(=O)N1CCC(C2CN(c3cccc(CN=C(N)NC(=O)O)c3F)C2)CC1. The minimum absolute atomic E-state index is 0.0347. The van der Waals surface area contributed by atoms with E-state index in [4.69, 9.17) is 10.8 Å². The fourth-order valence-electron chi connectivity index (χ4n) is 4.10. The molecular formula is C20H28FN5O3. The third kappa shape index (κ3) is 4.96. The normalized spacial score (nSPS) is 18.5. The highest BCUT2D eigenvalue weighted by Gasteiger charge is 2.36. The van der Waals surface area contributed by atoms with Crippen molar-refractivity contribution in [2.75, 3.05) is 31.1 Å². The highest BCUT2D eigenvalue weighted by molar-refractivity contribution is 5.91. The Hall–Kier alpha value is -2.84. The van der Waals surface area contributed by atoms with Gasteiger partial charge in [0.05, 0.1) is 12.2 Å². The quantitative estimate of drug-likeness (QED) is 0.512. The van der Waals surface area contributed by atoms with Crippen LogP contribution in [0.25, 0.3) is 0 Å². The topological polar surface area (TPSA) is 111 Å². The average Bonchev–Trinajstić information content (AvgIpc) is 2.66. The molecule has 1 aromatic rings. The van der Waals surface area contributed by atoms with Crippen molar-refractivity contribution in [3.05, 3.63) is 29.6 Å². The number of nitrogens with two attached hydrogens (primary N) is 1. The summed E-state index contributed by atoms with van der Waals surface area (Å²) in [5, 5.41) is 10.5. The minimum atomic E-state index is -1.31. The lowest BCUT2D eigenvalue weighted by Gasteiger charge is -2.47. The predicted octanol–water partition coefficient (Wildman–Crippen LogP) is 1.99. The maximum Gasteiger partial charge on any atom is 0.411 e. The molecule has 8 nitrogen and oxygen atoms in total. The zero-order valence-electron chi connectivity index (χ0n) is 16.6. The lowest BCUT2D eigenvalue weighted by atomic mass is 9.79. The Bertz CT molecular complexity index is 786. The standard InChI is InChI=1S/C20H28FN5O3/c1-2-17(27)25-8-6-13(7-9-25)15-11-26(12-15)16-5-3-4-14(18(16)21)10-23-19(22)24-20(28)29/h3-5,13,15H,2,6-12H2,1H3,(H,28,29)(H3,22,23,24). The number of carbonyl (C=O) groups excluding carboxylic acids is 1. The minimum Gasteiger partial charge on any atom is -0.465 e. The van der Waals surface area contributed by atoms with Gasteiger partial charge in [-0.25, -0.2) is 14.2 Å². The summed E-state index contributed by atoms with van der Waals surface area (Å²) in [6.07, 6.45) is 1.27. The fraction of sp³-hybridized carbons (Fsp3) is 0.550. The van der Waals surface area contributed by atoms with Gasteiger partial charge in [-0.05, 0) is 30.7 Å². The molecule has 0 atom stereocenters. The second kappa shape index (κ2) is 9.11. The van der Waals surface area contributed by atoms with Gasteiger partial charge in [-0.3, -0.25) is 10.1 Å². The molecule has 0 aliphatic carbocycles. The maximum absolute atomic E-state index is 14.9. The number of carboxylic acid groups (broad SMARTS) is 1. The van der Waals surface area contributed by atoms with Gasteiger partial charge in [0.15, 0.2) is 11.8 Å². The molecule has 2 amide bonds. The predicted molar refractivity (Wildman–Crippen MR) is 108 cm³/mol. The number of anilines is 1. The Labute approximate surface area is 169 Å². The molecule has 0 spiro atoms. The summed E-state index contributed by atoms with van der Waals surface area (Å²) in [6, 6.07) is 5.14. The van der Waals surface area contributed by atoms with Gasteiger partial charge in [-0.2, -0.15) is 0 Å². The first-order chi connectivity index (χ1) is 13.9. The van der Waals surface area contributed by atoms with Gasteiger partial charge in [-0.1, -0.05) is 19.1 Å². The van der Waals surface area contributed by atoms with E-state index in [2.05, 4.69) is 4.99 Å². The lowest BCUT2D eigenvalue weighted by molar-refractivity contribution is -0.132. The van der Waals surface area contributed by atoms with Crippen LogP contribution < -0.4 is 16.0 Å². The van der Waals surface area contributed by atoms with E-state index in [9.17, 15) is 14.0 Å². The fourth-order valence-corrected chi connectivity index (χ4v) is 4.10. The number of hydrogen-bond donors (Lipinski definition) is 3. The number of nitrogens with one attached hydrogen (secondary N) is 1.